The van der Waals surface area contributed by atoms with Crippen LogP contribution < -0.4 is 10.5 Å². The Balaban J connectivity index is 1.09. The van der Waals surface area contributed by atoms with E-state index in [4.69, 9.17) is 19.9 Å². The summed E-state index contributed by atoms with van der Waals surface area (Å²) in [6.07, 6.45) is 4.44. The molecule has 0 spiro atoms. The quantitative estimate of drug-likeness (QED) is 0.234. The number of aliphatic hydroxyl groups is 3. The average Bonchev–Trinajstić information content (AvgIpc) is 3.10. The Morgan fingerprint density at radius 1 is 1.06 bits per heavy atom. The maximum Gasteiger partial charge on any atom is 0.132 e. The van der Waals surface area contributed by atoms with Crippen molar-refractivity contribution < 1.29 is 38.3 Å². The van der Waals surface area contributed by atoms with Gasteiger partial charge in [0.15, 0.2) is 0 Å². The number of benzene rings is 2. The van der Waals surface area contributed by atoms with Crippen LogP contribution >= 0.6 is 11.8 Å². The number of halogens is 2. The van der Waals surface area contributed by atoms with Crippen LogP contribution in [0.25, 0.3) is 0 Å². The fourth-order valence-electron chi connectivity index (χ4n) is 7.02. The van der Waals surface area contributed by atoms with E-state index in [-0.39, 0.29) is 17.7 Å². The van der Waals surface area contributed by atoms with Gasteiger partial charge in [-0.3, -0.25) is 4.90 Å². The molecule has 2 aromatic rings. The Labute approximate surface area is 292 Å². The molecule has 3 aliphatic heterocycles. The minimum atomic E-state index is -1.31. The van der Waals surface area contributed by atoms with Crippen LogP contribution in [0.5, 0.6) is 5.75 Å². The molecule has 8 nitrogen and oxygen atoms in total. The first kappa shape index (κ1) is 37.6. The molecule has 49 heavy (non-hydrogen) atoms. The van der Waals surface area contributed by atoms with Gasteiger partial charge in [-0.25, -0.2) is 8.78 Å². The first-order valence-corrected chi connectivity index (χ1v) is 18.4. The van der Waals surface area contributed by atoms with Crippen LogP contribution in [0.1, 0.15) is 56.8 Å². The van der Waals surface area contributed by atoms with E-state index in [9.17, 15) is 24.1 Å². The summed E-state index contributed by atoms with van der Waals surface area (Å²) in [6, 6.07) is 11.3. The van der Waals surface area contributed by atoms with Crippen molar-refractivity contribution in [2.45, 2.75) is 100 Å². The average molecular weight is 701 g/mol. The van der Waals surface area contributed by atoms with E-state index in [1.54, 1.807) is 6.26 Å². The molecule has 0 aromatic heterocycles. The Bertz CT molecular complexity index is 1480. The molecule has 2 aromatic carbocycles. The second-order valence-corrected chi connectivity index (χ2v) is 14.3. The lowest BCUT2D eigenvalue weighted by Crippen LogP contribution is -2.56. The van der Waals surface area contributed by atoms with Crippen LogP contribution in [-0.2, 0) is 15.9 Å². The molecule has 3 saturated heterocycles. The molecule has 268 valence electrons. The Morgan fingerprint density at radius 3 is 2.43 bits per heavy atom. The molecule has 5 N–H and O–H groups in total. The molecule has 0 bridgehead atoms. The summed E-state index contributed by atoms with van der Waals surface area (Å²) in [5.41, 5.74) is 9.97. The van der Waals surface area contributed by atoms with Crippen LogP contribution in [0, 0.1) is 11.6 Å². The molecule has 11 heteroatoms. The van der Waals surface area contributed by atoms with Crippen LogP contribution in [0.3, 0.4) is 0 Å². The number of likely N-dealkylation sites (tertiary alicyclic amines) is 1. The van der Waals surface area contributed by atoms with Gasteiger partial charge in [0.25, 0.3) is 0 Å². The lowest BCUT2D eigenvalue weighted by Gasteiger charge is -2.42. The van der Waals surface area contributed by atoms with Gasteiger partial charge in [0.1, 0.15) is 59.4 Å². The molecule has 0 aliphatic carbocycles. The van der Waals surface area contributed by atoms with E-state index < -0.39 is 53.6 Å². The third-order valence-electron chi connectivity index (χ3n) is 9.95. The molecule has 3 fully saturated rings. The van der Waals surface area contributed by atoms with E-state index in [0.29, 0.717) is 18.6 Å². The molecule has 5 rings (SSSR count). The third kappa shape index (κ3) is 9.20. The summed E-state index contributed by atoms with van der Waals surface area (Å²) < 4.78 is 46.2. The van der Waals surface area contributed by atoms with Crippen molar-refractivity contribution >= 4 is 11.8 Å². The lowest BCUT2D eigenvalue weighted by atomic mass is 9.92. The van der Waals surface area contributed by atoms with Crippen molar-refractivity contribution in [1.29, 1.82) is 0 Å². The highest BCUT2D eigenvalue weighted by Crippen LogP contribution is 2.33. The highest BCUT2D eigenvalue weighted by Gasteiger charge is 2.44. The van der Waals surface area contributed by atoms with Crippen molar-refractivity contribution in [2.24, 2.45) is 5.73 Å². The van der Waals surface area contributed by atoms with Gasteiger partial charge in [-0.2, -0.15) is 0 Å². The summed E-state index contributed by atoms with van der Waals surface area (Å²) in [4.78, 5) is 2.37. The molecule has 0 saturated carbocycles. The number of allylic oxidation sites excluding steroid dienone is 3. The van der Waals surface area contributed by atoms with Gasteiger partial charge < -0.3 is 35.3 Å². The molecule has 3 unspecified atom stereocenters. The fourth-order valence-corrected chi connectivity index (χ4v) is 7.69. The molecular weight excluding hydrogens is 650 g/mol. The fraction of sp³-hybridized carbons (Fsp3) is 0.526. The predicted octanol–water partition coefficient (Wildman–Crippen LogP) is 5.22. The van der Waals surface area contributed by atoms with Gasteiger partial charge in [0.2, 0.25) is 0 Å². The first-order chi connectivity index (χ1) is 23.5. The minimum absolute atomic E-state index is 0.100. The molecule has 3 aliphatic rings. The number of piperidine rings is 1. The molecule has 0 amide bonds. The topological polar surface area (TPSA) is 118 Å². The zero-order chi connectivity index (χ0) is 35.2. The van der Waals surface area contributed by atoms with E-state index in [1.165, 1.54) is 23.4 Å². The second-order valence-electron chi connectivity index (χ2n) is 13.3. The number of aliphatic hydroxyl groups excluding tert-OH is 3. The third-order valence-corrected chi connectivity index (χ3v) is 10.8. The zero-order valence-corrected chi connectivity index (χ0v) is 29.3. The summed E-state index contributed by atoms with van der Waals surface area (Å²) >= 11 is 1.28. The number of ether oxygens (including phenoxy) is 3. The number of nitrogens with zero attached hydrogens (tertiary/aromatic N) is 1. The zero-order valence-electron chi connectivity index (χ0n) is 28.5. The largest absolute Gasteiger partial charge is 0.490 e. The standard InChI is InChI=1S/C38H50F2N2O6S/c1-5-25(9-6-22(2)36-34(44)33(43)35(45)38(48-36)49-4)23(3)18-24-7-11-28(12-8-24)47-29-14-16-42(17-15-29)27-20-32(41)37(46-21-27)30-19-26(39)10-13-31(30)40/h6-13,19,27,29,32-38,43-45H,2,5,14-18,20-21,41H2,1,3-4H3/b9-6-,25-23+/t27?,32?,33-,34-,35+,36+,37?,38-/m1/s1. The monoisotopic (exact) mass is 700 g/mol. The highest BCUT2D eigenvalue weighted by molar-refractivity contribution is 7.99. The molecule has 3 heterocycles. The summed E-state index contributed by atoms with van der Waals surface area (Å²) in [7, 11) is 0. The number of hydrogen-bond donors (Lipinski definition) is 4. The molecular formula is C38H50F2N2O6S. The Hall–Kier alpha value is -2.61. The summed E-state index contributed by atoms with van der Waals surface area (Å²) in [5.74, 6) is -0.166. The van der Waals surface area contributed by atoms with Crippen molar-refractivity contribution in [3.05, 3.63) is 101 Å². The maximum absolute atomic E-state index is 14.3. The highest BCUT2D eigenvalue weighted by atomic mass is 32.2. The number of nitrogens with two attached hydrogens (primary N) is 1. The second kappa shape index (κ2) is 17.1. The SMILES string of the molecule is C=C(/C=C\C(CC)=C(/C)Cc1ccc(OC2CCN(C3COC(c4cc(F)ccc4F)C(N)C3)CC2)cc1)[C@@H]1O[C@H](SC)[C@@H](O)[C@H](O)[C@H]1O. The molecule has 0 radical (unpaired) electrons. The van der Waals surface area contributed by atoms with E-state index in [1.807, 2.05) is 24.3 Å². The minimum Gasteiger partial charge on any atom is -0.490 e. The van der Waals surface area contributed by atoms with E-state index in [2.05, 4.69) is 37.5 Å². The van der Waals surface area contributed by atoms with Crippen molar-refractivity contribution in [2.75, 3.05) is 26.0 Å². The normalized spacial score (nSPS) is 30.7. The maximum atomic E-state index is 14.3. The van der Waals surface area contributed by atoms with Gasteiger partial charge >= 0.3 is 0 Å². The van der Waals surface area contributed by atoms with Gasteiger partial charge in [-0.05, 0) is 92.3 Å². The van der Waals surface area contributed by atoms with Crippen LogP contribution in [-0.4, -0.2) is 94.2 Å². The Morgan fingerprint density at radius 2 is 1.78 bits per heavy atom. The summed E-state index contributed by atoms with van der Waals surface area (Å²) in [6.45, 7) is 10.4. The van der Waals surface area contributed by atoms with Crippen molar-refractivity contribution in [1.82, 2.24) is 4.90 Å². The van der Waals surface area contributed by atoms with Crippen LogP contribution in [0.2, 0.25) is 0 Å². The van der Waals surface area contributed by atoms with Crippen molar-refractivity contribution in [3.8, 4) is 5.75 Å². The predicted molar refractivity (Wildman–Crippen MR) is 188 cm³/mol. The van der Waals surface area contributed by atoms with Gasteiger partial charge in [0, 0.05) is 30.7 Å². The van der Waals surface area contributed by atoms with E-state index >= 15 is 0 Å². The van der Waals surface area contributed by atoms with Gasteiger partial charge in [-0.15, -0.1) is 11.8 Å². The van der Waals surface area contributed by atoms with E-state index in [0.717, 1.165) is 67.8 Å². The smallest absolute Gasteiger partial charge is 0.132 e. The number of rotatable bonds is 11. The van der Waals surface area contributed by atoms with Crippen molar-refractivity contribution in [3.63, 3.8) is 0 Å². The van der Waals surface area contributed by atoms with Gasteiger partial charge in [-0.1, -0.05) is 43.4 Å². The first-order valence-electron chi connectivity index (χ1n) is 17.1. The number of hydrogen-bond acceptors (Lipinski definition) is 9. The Kier molecular flexibility index (Phi) is 13.1. The summed E-state index contributed by atoms with van der Waals surface area (Å²) in [5, 5.41) is 30.9. The molecule has 8 atom stereocenters. The van der Waals surface area contributed by atoms with Crippen LogP contribution in [0.15, 0.2) is 77.9 Å². The van der Waals surface area contributed by atoms with Gasteiger partial charge in [0.05, 0.1) is 6.61 Å². The number of thioether (sulfide) groups is 1. The van der Waals surface area contributed by atoms with Crippen LogP contribution in [0.4, 0.5) is 8.78 Å². The lowest BCUT2D eigenvalue weighted by molar-refractivity contribution is -0.186.